The van der Waals surface area contributed by atoms with Crippen molar-refractivity contribution in [2.75, 3.05) is 19.8 Å². The van der Waals surface area contributed by atoms with E-state index in [2.05, 4.69) is 28.5 Å². The lowest BCUT2D eigenvalue weighted by Gasteiger charge is -2.23. The Morgan fingerprint density at radius 1 is 1.06 bits per heavy atom. The van der Waals surface area contributed by atoms with Crippen LogP contribution in [0.15, 0.2) is 72.9 Å². The number of carbonyl (C=O) groups excluding carboxylic acids is 1. The van der Waals surface area contributed by atoms with E-state index in [9.17, 15) is 9.90 Å². The number of aliphatic hydroxyl groups is 1. The highest BCUT2D eigenvalue weighted by Crippen LogP contribution is 2.41. The molecule has 3 heterocycles. The lowest BCUT2D eigenvalue weighted by Crippen LogP contribution is -2.39. The van der Waals surface area contributed by atoms with Crippen molar-refractivity contribution >= 4 is 38.2 Å². The number of hydrogen-bond acceptors (Lipinski definition) is 5. The first-order chi connectivity index (χ1) is 17.2. The molecular weight excluding hydrogens is 460 g/mol. The molecule has 6 rings (SSSR count). The first-order valence-corrected chi connectivity index (χ1v) is 12.4. The van der Waals surface area contributed by atoms with Gasteiger partial charge >= 0.3 is 0 Å². The predicted molar refractivity (Wildman–Crippen MR) is 139 cm³/mol. The van der Waals surface area contributed by atoms with Crippen LogP contribution in [0.3, 0.4) is 0 Å². The van der Waals surface area contributed by atoms with Gasteiger partial charge in [0.1, 0.15) is 13.2 Å². The molecule has 0 fully saturated rings. The number of aliphatic hydroxyl groups excluding tert-OH is 1. The second kappa shape index (κ2) is 9.09. The number of carbonyl (C=O) groups is 1. The Labute approximate surface area is 206 Å². The van der Waals surface area contributed by atoms with Crippen LogP contribution in [-0.4, -0.2) is 41.9 Å². The Kier molecular flexibility index (Phi) is 5.64. The summed E-state index contributed by atoms with van der Waals surface area (Å²) in [6.45, 7) is 0.638. The van der Waals surface area contributed by atoms with Gasteiger partial charge in [-0.3, -0.25) is 4.79 Å². The van der Waals surface area contributed by atoms with Crippen molar-refractivity contribution in [3.63, 3.8) is 0 Å². The molecule has 5 aromatic rings. The number of fused-ring (bicyclic) bond motifs is 3. The van der Waals surface area contributed by atoms with Crippen LogP contribution < -0.4 is 14.8 Å². The number of aromatic nitrogens is 1. The molecule has 0 bridgehead atoms. The minimum absolute atomic E-state index is 0.180. The first-order valence-electron chi connectivity index (χ1n) is 11.6. The van der Waals surface area contributed by atoms with Crippen molar-refractivity contribution in [2.45, 2.75) is 12.5 Å². The van der Waals surface area contributed by atoms with E-state index < -0.39 is 6.04 Å². The van der Waals surface area contributed by atoms with Crippen molar-refractivity contribution in [1.82, 2.24) is 10.3 Å². The summed E-state index contributed by atoms with van der Waals surface area (Å²) in [5.41, 5.74) is 3.38. The van der Waals surface area contributed by atoms with Gasteiger partial charge in [0.15, 0.2) is 11.5 Å². The Morgan fingerprint density at radius 2 is 1.89 bits per heavy atom. The standard InChI is InChI=1S/C28H24N2O4S/c31-16-20(11-19-15-29-23-7-3-2-6-21(19)23)30-28(32)22-12-18(13-24-27(22)34-10-9-33-24)26-14-17-5-1-4-8-25(17)35-26/h1-8,12-15,20,29,31H,9-11,16H2,(H,30,32). The Morgan fingerprint density at radius 3 is 2.77 bits per heavy atom. The highest BCUT2D eigenvalue weighted by atomic mass is 32.1. The lowest BCUT2D eigenvalue weighted by atomic mass is 10.0. The van der Waals surface area contributed by atoms with Gasteiger partial charge in [-0.05, 0) is 53.3 Å². The second-order valence-electron chi connectivity index (χ2n) is 8.61. The summed E-state index contributed by atoms with van der Waals surface area (Å²) in [5, 5.41) is 15.3. The molecule has 7 heteroatoms. The Balaban J connectivity index is 1.32. The van der Waals surface area contributed by atoms with E-state index in [0.29, 0.717) is 36.7 Å². The fraction of sp³-hybridized carbons (Fsp3) is 0.179. The number of benzene rings is 3. The zero-order chi connectivity index (χ0) is 23.8. The smallest absolute Gasteiger partial charge is 0.255 e. The van der Waals surface area contributed by atoms with E-state index in [-0.39, 0.29) is 12.5 Å². The second-order valence-corrected chi connectivity index (χ2v) is 9.70. The number of para-hydroxylation sites is 1. The molecule has 35 heavy (non-hydrogen) atoms. The van der Waals surface area contributed by atoms with Crippen molar-refractivity contribution in [2.24, 2.45) is 0 Å². The molecule has 0 spiro atoms. The van der Waals surface area contributed by atoms with Crippen LogP contribution >= 0.6 is 11.3 Å². The van der Waals surface area contributed by atoms with Gasteiger partial charge in [0.05, 0.1) is 18.2 Å². The molecular formula is C28H24N2O4S. The van der Waals surface area contributed by atoms with Crippen LogP contribution in [0.2, 0.25) is 0 Å². The molecule has 0 aliphatic carbocycles. The maximum absolute atomic E-state index is 13.5. The zero-order valence-corrected chi connectivity index (χ0v) is 19.7. The average molecular weight is 485 g/mol. The van der Waals surface area contributed by atoms with E-state index in [1.54, 1.807) is 11.3 Å². The topological polar surface area (TPSA) is 83.6 Å². The van der Waals surface area contributed by atoms with Gasteiger partial charge in [-0.25, -0.2) is 0 Å². The number of thiophene rings is 1. The van der Waals surface area contributed by atoms with Crippen LogP contribution in [0.5, 0.6) is 11.5 Å². The third kappa shape index (κ3) is 4.13. The quantitative estimate of drug-likeness (QED) is 0.311. The molecule has 2 aromatic heterocycles. The predicted octanol–water partition coefficient (Wildman–Crippen LogP) is 5.15. The highest BCUT2D eigenvalue weighted by molar-refractivity contribution is 7.22. The van der Waals surface area contributed by atoms with Gasteiger partial charge in [0.2, 0.25) is 0 Å². The van der Waals surface area contributed by atoms with Crippen LogP contribution in [0, 0.1) is 0 Å². The monoisotopic (exact) mass is 484 g/mol. The van der Waals surface area contributed by atoms with E-state index in [0.717, 1.165) is 32.3 Å². The number of hydrogen-bond donors (Lipinski definition) is 3. The molecule has 3 N–H and O–H groups in total. The maximum Gasteiger partial charge on any atom is 0.255 e. The summed E-state index contributed by atoms with van der Waals surface area (Å²) in [5.74, 6) is 0.713. The number of nitrogens with one attached hydrogen (secondary N) is 2. The fourth-order valence-electron chi connectivity index (χ4n) is 4.58. The molecule has 0 radical (unpaired) electrons. The summed E-state index contributed by atoms with van der Waals surface area (Å²) in [6, 6.07) is 21.7. The SMILES string of the molecule is O=C(NC(CO)Cc1c[nH]c2ccccc12)c1cc(-c2cc3ccccc3s2)cc2c1OCCO2. The largest absolute Gasteiger partial charge is 0.486 e. The van der Waals surface area contributed by atoms with Crippen molar-refractivity contribution < 1.29 is 19.4 Å². The van der Waals surface area contributed by atoms with Crippen LogP contribution in [0.25, 0.3) is 31.4 Å². The third-order valence-electron chi connectivity index (χ3n) is 6.29. The highest BCUT2D eigenvalue weighted by Gasteiger charge is 2.25. The van der Waals surface area contributed by atoms with Gasteiger partial charge in [0, 0.05) is 26.7 Å². The van der Waals surface area contributed by atoms with Gasteiger partial charge in [0.25, 0.3) is 5.91 Å². The summed E-state index contributed by atoms with van der Waals surface area (Å²) in [7, 11) is 0. The molecule has 3 aromatic carbocycles. The van der Waals surface area contributed by atoms with E-state index in [1.807, 2.05) is 54.7 Å². The van der Waals surface area contributed by atoms with E-state index >= 15 is 0 Å². The molecule has 0 saturated carbocycles. The number of amides is 1. The number of rotatable bonds is 6. The van der Waals surface area contributed by atoms with Gasteiger partial charge in [-0.15, -0.1) is 11.3 Å². The molecule has 0 saturated heterocycles. The normalized spacial score (nSPS) is 13.7. The van der Waals surface area contributed by atoms with Gasteiger partial charge in [-0.1, -0.05) is 36.4 Å². The molecule has 176 valence electrons. The Hall–Kier alpha value is -3.81. The lowest BCUT2D eigenvalue weighted by molar-refractivity contribution is 0.0906. The van der Waals surface area contributed by atoms with Crippen molar-refractivity contribution in [3.8, 4) is 21.9 Å². The molecule has 1 aliphatic heterocycles. The van der Waals surface area contributed by atoms with Gasteiger partial charge < -0.3 is 24.9 Å². The number of H-pyrrole nitrogens is 1. The first kappa shape index (κ1) is 21.7. The minimum atomic E-state index is -0.449. The molecule has 6 nitrogen and oxygen atoms in total. The van der Waals surface area contributed by atoms with Crippen LogP contribution in [0.1, 0.15) is 15.9 Å². The molecule has 1 aliphatic rings. The van der Waals surface area contributed by atoms with Gasteiger partial charge in [-0.2, -0.15) is 0 Å². The maximum atomic E-state index is 13.5. The summed E-state index contributed by atoms with van der Waals surface area (Å²) in [6.07, 6.45) is 2.43. The van der Waals surface area contributed by atoms with Crippen LogP contribution in [0.4, 0.5) is 0 Å². The molecule has 1 unspecified atom stereocenters. The fourth-order valence-corrected chi connectivity index (χ4v) is 5.63. The summed E-state index contributed by atoms with van der Waals surface area (Å²) in [4.78, 5) is 17.8. The average Bonchev–Trinajstić information content (AvgIpc) is 3.52. The van der Waals surface area contributed by atoms with E-state index in [4.69, 9.17) is 9.47 Å². The molecule has 1 atom stereocenters. The third-order valence-corrected chi connectivity index (χ3v) is 7.46. The van der Waals surface area contributed by atoms with E-state index in [1.165, 1.54) is 4.70 Å². The van der Waals surface area contributed by atoms with Crippen molar-refractivity contribution in [1.29, 1.82) is 0 Å². The molecule has 1 amide bonds. The van der Waals surface area contributed by atoms with Crippen molar-refractivity contribution in [3.05, 3.63) is 84.1 Å². The Bertz CT molecular complexity index is 1500. The van der Waals surface area contributed by atoms with Crippen LogP contribution in [-0.2, 0) is 6.42 Å². The number of ether oxygens (including phenoxy) is 2. The minimum Gasteiger partial charge on any atom is -0.486 e. The zero-order valence-electron chi connectivity index (χ0n) is 18.9. The summed E-state index contributed by atoms with van der Waals surface area (Å²) >= 11 is 1.67. The number of aromatic amines is 1. The summed E-state index contributed by atoms with van der Waals surface area (Å²) < 4.78 is 12.9.